The molecule has 7 nitrogen and oxygen atoms in total. The molecule has 0 heterocycles. The zero-order chi connectivity index (χ0) is 7.15. The Labute approximate surface area is 78.6 Å². The second-order valence-electron chi connectivity index (χ2n) is 0.685. The van der Waals surface area contributed by atoms with Gasteiger partial charge in [-0.25, -0.2) is 9.59 Å². The van der Waals surface area contributed by atoms with Crippen molar-refractivity contribution in [2.45, 2.75) is 0 Å². The van der Waals surface area contributed by atoms with Gasteiger partial charge in [-0.05, 0) is 0 Å². The first-order valence-corrected chi connectivity index (χ1v) is 1.43. The van der Waals surface area contributed by atoms with Gasteiger partial charge in [-0.3, -0.25) is 0 Å². The number of carbonyl (C=O) groups excluding carboxylic acids is 1. The largest absolute Gasteiger partial charge is 1.00 e. The molecule has 0 aromatic rings. The monoisotopic (exact) mass is 162 g/mol. The molecule has 0 radical (unpaired) electrons. The normalized spacial score (nSPS) is 4.80. The molecule has 0 aromatic heterocycles. The molecular formula is C2H7N2NaO5. The summed E-state index contributed by atoms with van der Waals surface area (Å²) in [6, 6.07) is -0.833. The number of hydrogen-bond donors (Lipinski definition) is 4. The summed E-state index contributed by atoms with van der Waals surface area (Å²) >= 11 is 0. The van der Waals surface area contributed by atoms with Crippen molar-refractivity contribution in [2.75, 3.05) is 0 Å². The molecule has 0 atom stereocenters. The summed E-state index contributed by atoms with van der Waals surface area (Å²) in [5, 5.41) is 13.9. The molecule has 0 aliphatic rings. The first kappa shape index (κ1) is 22.7. The number of urea groups is 1. The van der Waals surface area contributed by atoms with Crippen LogP contribution in [0, 0.1) is 0 Å². The first-order chi connectivity index (χ1) is 3.46. The molecule has 0 spiro atoms. The van der Waals surface area contributed by atoms with E-state index in [9.17, 15) is 0 Å². The Morgan fingerprint density at radius 1 is 1.10 bits per heavy atom. The molecule has 56 valence electrons. The van der Waals surface area contributed by atoms with E-state index in [0.29, 0.717) is 0 Å². The van der Waals surface area contributed by atoms with Crippen LogP contribution in [0.4, 0.5) is 9.59 Å². The molecule has 8 heteroatoms. The molecule has 0 aromatic carbocycles. The third-order valence-corrected chi connectivity index (χ3v) is 0. The predicted molar refractivity (Wildman–Crippen MR) is 26.4 cm³/mol. The summed E-state index contributed by atoms with van der Waals surface area (Å²) < 4.78 is 0. The van der Waals surface area contributed by atoms with Gasteiger partial charge in [0.05, 0.1) is 0 Å². The Kier molecular flexibility index (Phi) is 35.9. The van der Waals surface area contributed by atoms with Crippen LogP contribution in [0.2, 0.25) is 0 Å². The van der Waals surface area contributed by atoms with Crippen LogP contribution < -0.4 is 41.0 Å². The van der Waals surface area contributed by atoms with E-state index in [-0.39, 0.29) is 35.0 Å². The molecular weight excluding hydrogens is 155 g/mol. The summed E-state index contributed by atoms with van der Waals surface area (Å²) in [6.45, 7) is 0. The summed E-state index contributed by atoms with van der Waals surface area (Å²) in [5.41, 5.74) is 8.50. The fourth-order valence-electron chi connectivity index (χ4n) is 0. The molecule has 0 aliphatic carbocycles. The SMILES string of the molecule is NC(N)=O.O=C(O)O.[Na+].[OH-]. The smallest absolute Gasteiger partial charge is 0.870 e. The summed E-state index contributed by atoms with van der Waals surface area (Å²) in [7, 11) is 0. The molecule has 0 rings (SSSR count). The summed E-state index contributed by atoms with van der Waals surface area (Å²) in [6.07, 6.45) is -1.83. The van der Waals surface area contributed by atoms with E-state index in [1.165, 1.54) is 0 Å². The van der Waals surface area contributed by atoms with Gasteiger partial charge in [0.15, 0.2) is 0 Å². The third-order valence-electron chi connectivity index (χ3n) is 0. The van der Waals surface area contributed by atoms with E-state index in [4.69, 9.17) is 19.8 Å². The topological polar surface area (TPSA) is 157 Å². The number of primary amides is 2. The zero-order valence-electron chi connectivity index (χ0n) is 5.31. The van der Waals surface area contributed by atoms with E-state index in [2.05, 4.69) is 11.5 Å². The molecule has 0 unspecified atom stereocenters. The van der Waals surface area contributed by atoms with Crippen LogP contribution in [-0.2, 0) is 0 Å². The van der Waals surface area contributed by atoms with Crippen LogP contribution in [0.3, 0.4) is 0 Å². The third kappa shape index (κ3) is 1270. The number of carbonyl (C=O) groups is 2. The van der Waals surface area contributed by atoms with Crippen LogP contribution in [0.15, 0.2) is 0 Å². The first-order valence-electron chi connectivity index (χ1n) is 1.43. The summed E-state index contributed by atoms with van der Waals surface area (Å²) in [5.74, 6) is 0. The van der Waals surface area contributed by atoms with Gasteiger partial charge in [-0.15, -0.1) is 0 Å². The Balaban J connectivity index is -0.0000000300. The van der Waals surface area contributed by atoms with Gasteiger partial charge in [0, 0.05) is 0 Å². The zero-order valence-corrected chi connectivity index (χ0v) is 7.31. The van der Waals surface area contributed by atoms with E-state index >= 15 is 0 Å². The fraction of sp³-hybridized carbons (Fsp3) is 0. The Morgan fingerprint density at radius 3 is 1.10 bits per heavy atom. The van der Waals surface area contributed by atoms with Gasteiger partial charge >= 0.3 is 41.7 Å². The van der Waals surface area contributed by atoms with E-state index < -0.39 is 12.2 Å². The maximum absolute atomic E-state index is 9.00. The quantitative estimate of drug-likeness (QED) is 0.267. The van der Waals surface area contributed by atoms with Crippen LogP contribution in [0.1, 0.15) is 0 Å². The Hall–Kier alpha value is -0.500. The second kappa shape index (κ2) is 15.8. The van der Waals surface area contributed by atoms with Crippen molar-refractivity contribution in [1.29, 1.82) is 0 Å². The van der Waals surface area contributed by atoms with Crippen molar-refractivity contribution >= 4 is 12.2 Å². The molecule has 0 saturated carbocycles. The van der Waals surface area contributed by atoms with Crippen LogP contribution in [-0.4, -0.2) is 27.9 Å². The van der Waals surface area contributed by atoms with Crippen molar-refractivity contribution in [3.05, 3.63) is 0 Å². The van der Waals surface area contributed by atoms with Crippen LogP contribution >= 0.6 is 0 Å². The van der Waals surface area contributed by atoms with Crippen molar-refractivity contribution in [3.63, 3.8) is 0 Å². The minimum atomic E-state index is -1.83. The van der Waals surface area contributed by atoms with Gasteiger partial charge in [0.2, 0.25) is 0 Å². The van der Waals surface area contributed by atoms with Crippen LogP contribution in [0.25, 0.3) is 0 Å². The average molecular weight is 162 g/mol. The van der Waals surface area contributed by atoms with Gasteiger partial charge in [-0.2, -0.15) is 0 Å². The number of rotatable bonds is 0. The molecule has 0 bridgehead atoms. The van der Waals surface area contributed by atoms with Crippen LogP contribution in [0.5, 0.6) is 0 Å². The van der Waals surface area contributed by atoms with E-state index in [1.54, 1.807) is 0 Å². The molecule has 7 N–H and O–H groups in total. The molecule has 0 fully saturated rings. The minimum absolute atomic E-state index is 0. The number of hydrogen-bond acceptors (Lipinski definition) is 3. The number of amides is 2. The minimum Gasteiger partial charge on any atom is -0.870 e. The van der Waals surface area contributed by atoms with Crippen molar-refractivity contribution in [3.8, 4) is 0 Å². The van der Waals surface area contributed by atoms with Gasteiger partial charge in [-0.1, -0.05) is 0 Å². The second-order valence-corrected chi connectivity index (χ2v) is 0.685. The standard InChI is InChI=1S/CH4N2O.CH2O3.Na.H2O/c2*2-1(3)4;;/h(H4,2,3,4);(H2,2,3,4);;1H2/q;;+1;/p-1. The number of carboxylic acid groups (broad SMARTS) is 2. The molecule has 10 heavy (non-hydrogen) atoms. The molecule has 2 amide bonds. The molecule has 0 aliphatic heterocycles. The Bertz CT molecular complexity index is 75.6. The van der Waals surface area contributed by atoms with Crippen molar-refractivity contribution in [2.24, 2.45) is 11.5 Å². The number of nitrogens with two attached hydrogens (primary N) is 2. The van der Waals surface area contributed by atoms with Gasteiger partial charge in [0.25, 0.3) is 0 Å². The van der Waals surface area contributed by atoms with Crippen molar-refractivity contribution in [1.82, 2.24) is 0 Å². The van der Waals surface area contributed by atoms with E-state index in [0.717, 1.165) is 0 Å². The summed E-state index contributed by atoms with van der Waals surface area (Å²) in [4.78, 5) is 17.6. The average Bonchev–Trinajstić information content (AvgIpc) is 1.25. The fourth-order valence-corrected chi connectivity index (χ4v) is 0. The van der Waals surface area contributed by atoms with E-state index in [1.807, 2.05) is 0 Å². The predicted octanol–water partition coefficient (Wildman–Crippen LogP) is -3.93. The maximum Gasteiger partial charge on any atom is 1.00 e. The Morgan fingerprint density at radius 2 is 1.10 bits per heavy atom. The molecule has 0 saturated heterocycles. The van der Waals surface area contributed by atoms with Crippen molar-refractivity contribution < 1.29 is 54.8 Å². The van der Waals surface area contributed by atoms with Gasteiger partial charge in [0.1, 0.15) is 0 Å². The van der Waals surface area contributed by atoms with Gasteiger partial charge < -0.3 is 27.2 Å². The maximum atomic E-state index is 9.00.